The molecular formula is C13H14O2. The van der Waals surface area contributed by atoms with Crippen molar-refractivity contribution in [2.24, 2.45) is 0 Å². The van der Waals surface area contributed by atoms with E-state index in [-0.39, 0.29) is 5.78 Å². The Kier molecular flexibility index (Phi) is 2.97. The molecule has 0 saturated heterocycles. The number of hydrogen-bond acceptors (Lipinski definition) is 2. The van der Waals surface area contributed by atoms with Gasteiger partial charge in [-0.05, 0) is 17.5 Å². The van der Waals surface area contributed by atoms with Gasteiger partial charge >= 0.3 is 0 Å². The zero-order valence-electron chi connectivity index (χ0n) is 8.82. The Labute approximate surface area is 89.6 Å². The van der Waals surface area contributed by atoms with Crippen LogP contribution < -0.4 is 0 Å². The fourth-order valence-electron chi connectivity index (χ4n) is 1.86. The second kappa shape index (κ2) is 4.41. The highest BCUT2D eigenvalue weighted by atomic mass is 16.5. The number of rotatable bonds is 3. The third kappa shape index (κ3) is 2.16. The quantitative estimate of drug-likeness (QED) is 0.752. The third-order valence-electron chi connectivity index (χ3n) is 2.62. The number of ketones is 1. The summed E-state index contributed by atoms with van der Waals surface area (Å²) in [6.45, 7) is 0.621. The second-order valence-corrected chi connectivity index (χ2v) is 3.70. The SMILES string of the molecule is COC/C=C/c1ccc2c(c1)CCC2=O. The van der Waals surface area contributed by atoms with Crippen molar-refractivity contribution in [3.8, 4) is 0 Å². The van der Waals surface area contributed by atoms with Gasteiger partial charge in [0, 0.05) is 19.1 Å². The zero-order chi connectivity index (χ0) is 10.7. The van der Waals surface area contributed by atoms with Gasteiger partial charge in [0.15, 0.2) is 5.78 Å². The van der Waals surface area contributed by atoms with E-state index in [4.69, 9.17) is 4.74 Å². The van der Waals surface area contributed by atoms with E-state index in [1.54, 1.807) is 7.11 Å². The van der Waals surface area contributed by atoms with Crippen LogP contribution >= 0.6 is 0 Å². The van der Waals surface area contributed by atoms with E-state index >= 15 is 0 Å². The van der Waals surface area contributed by atoms with Crippen molar-refractivity contribution in [2.45, 2.75) is 12.8 Å². The normalized spacial score (nSPS) is 14.9. The second-order valence-electron chi connectivity index (χ2n) is 3.70. The molecule has 0 N–H and O–H groups in total. The molecule has 0 unspecified atom stereocenters. The van der Waals surface area contributed by atoms with Crippen LogP contribution in [-0.4, -0.2) is 19.5 Å². The molecule has 0 bridgehead atoms. The Morgan fingerprint density at radius 3 is 3.07 bits per heavy atom. The van der Waals surface area contributed by atoms with E-state index in [1.807, 2.05) is 24.3 Å². The van der Waals surface area contributed by atoms with Crippen molar-refractivity contribution in [2.75, 3.05) is 13.7 Å². The molecule has 2 nitrogen and oxygen atoms in total. The molecule has 0 atom stereocenters. The molecule has 1 aliphatic rings. The number of methoxy groups -OCH3 is 1. The fraction of sp³-hybridized carbons (Fsp3) is 0.308. The van der Waals surface area contributed by atoms with Crippen molar-refractivity contribution < 1.29 is 9.53 Å². The van der Waals surface area contributed by atoms with Crippen molar-refractivity contribution in [1.82, 2.24) is 0 Å². The molecule has 0 heterocycles. The first-order valence-electron chi connectivity index (χ1n) is 5.13. The lowest BCUT2D eigenvalue weighted by molar-refractivity contribution is 0.0994. The number of carbonyl (C=O) groups is 1. The van der Waals surface area contributed by atoms with Gasteiger partial charge in [0.25, 0.3) is 0 Å². The number of ether oxygens (including phenoxy) is 1. The Morgan fingerprint density at radius 2 is 2.27 bits per heavy atom. The summed E-state index contributed by atoms with van der Waals surface area (Å²) in [7, 11) is 1.67. The third-order valence-corrected chi connectivity index (χ3v) is 2.62. The summed E-state index contributed by atoms with van der Waals surface area (Å²) >= 11 is 0. The van der Waals surface area contributed by atoms with Crippen molar-refractivity contribution in [1.29, 1.82) is 0 Å². The minimum absolute atomic E-state index is 0.275. The molecule has 2 rings (SSSR count). The number of aryl methyl sites for hydroxylation is 1. The molecule has 0 aromatic heterocycles. The van der Waals surface area contributed by atoms with Gasteiger partial charge in [-0.25, -0.2) is 0 Å². The summed E-state index contributed by atoms with van der Waals surface area (Å²) in [6, 6.07) is 6.00. The Morgan fingerprint density at radius 1 is 1.40 bits per heavy atom. The van der Waals surface area contributed by atoms with Gasteiger partial charge in [-0.2, -0.15) is 0 Å². The van der Waals surface area contributed by atoms with Crippen molar-refractivity contribution in [3.05, 3.63) is 41.0 Å². The van der Waals surface area contributed by atoms with E-state index < -0.39 is 0 Å². The molecular weight excluding hydrogens is 188 g/mol. The van der Waals surface area contributed by atoms with Gasteiger partial charge in [0.1, 0.15) is 0 Å². The van der Waals surface area contributed by atoms with Crippen molar-refractivity contribution in [3.63, 3.8) is 0 Å². The number of carbonyl (C=O) groups excluding carboxylic acids is 1. The molecule has 0 fully saturated rings. The first-order valence-corrected chi connectivity index (χ1v) is 5.13. The topological polar surface area (TPSA) is 26.3 Å². The minimum atomic E-state index is 0.275. The predicted molar refractivity (Wildman–Crippen MR) is 60.0 cm³/mol. The summed E-state index contributed by atoms with van der Waals surface area (Å²) in [5, 5.41) is 0. The molecule has 0 amide bonds. The lowest BCUT2D eigenvalue weighted by Crippen LogP contribution is -1.90. The van der Waals surface area contributed by atoms with Crippen LogP contribution in [0.3, 0.4) is 0 Å². The first kappa shape index (κ1) is 10.1. The number of fused-ring (bicyclic) bond motifs is 1. The highest BCUT2D eigenvalue weighted by Crippen LogP contribution is 2.23. The summed E-state index contributed by atoms with van der Waals surface area (Å²) in [5.74, 6) is 0.275. The van der Waals surface area contributed by atoms with Gasteiger partial charge in [0.2, 0.25) is 0 Å². The molecule has 1 aromatic rings. The van der Waals surface area contributed by atoms with Gasteiger partial charge in [0.05, 0.1) is 6.61 Å². The highest BCUT2D eigenvalue weighted by Gasteiger charge is 2.18. The van der Waals surface area contributed by atoms with Crippen LogP contribution in [0.5, 0.6) is 0 Å². The monoisotopic (exact) mass is 202 g/mol. The van der Waals surface area contributed by atoms with E-state index in [0.717, 1.165) is 17.5 Å². The standard InChI is InChI=1S/C13H14O2/c1-15-8-2-3-10-4-6-12-11(9-10)5-7-13(12)14/h2-4,6,9H,5,7-8H2,1H3/b3-2+. The van der Waals surface area contributed by atoms with Crippen LogP contribution in [0.2, 0.25) is 0 Å². The Bertz CT molecular complexity index is 405. The van der Waals surface area contributed by atoms with Crippen LogP contribution in [0.1, 0.15) is 27.9 Å². The van der Waals surface area contributed by atoms with E-state index in [2.05, 4.69) is 6.07 Å². The maximum Gasteiger partial charge on any atom is 0.163 e. The predicted octanol–water partition coefficient (Wildman–Crippen LogP) is 2.48. The average molecular weight is 202 g/mol. The van der Waals surface area contributed by atoms with Crippen LogP contribution in [0.15, 0.2) is 24.3 Å². The van der Waals surface area contributed by atoms with Crippen LogP contribution in [0.25, 0.3) is 6.08 Å². The molecule has 0 spiro atoms. The largest absolute Gasteiger partial charge is 0.381 e. The van der Waals surface area contributed by atoms with Gasteiger partial charge in [-0.15, -0.1) is 0 Å². The number of hydrogen-bond donors (Lipinski definition) is 0. The number of benzene rings is 1. The molecule has 0 saturated carbocycles. The molecule has 2 heteroatoms. The average Bonchev–Trinajstić information content (AvgIpc) is 2.61. The smallest absolute Gasteiger partial charge is 0.163 e. The van der Waals surface area contributed by atoms with Crippen LogP contribution in [-0.2, 0) is 11.2 Å². The van der Waals surface area contributed by atoms with Gasteiger partial charge in [-0.1, -0.05) is 30.4 Å². The summed E-state index contributed by atoms with van der Waals surface area (Å²) in [4.78, 5) is 11.4. The van der Waals surface area contributed by atoms with Crippen molar-refractivity contribution >= 4 is 11.9 Å². The zero-order valence-corrected chi connectivity index (χ0v) is 8.82. The number of Topliss-reactive ketones (excluding diaryl/α,β-unsaturated/α-hetero) is 1. The highest BCUT2D eigenvalue weighted by molar-refractivity contribution is 6.00. The maximum atomic E-state index is 11.4. The first-order chi connectivity index (χ1) is 7.31. The molecule has 0 aliphatic heterocycles. The molecule has 78 valence electrons. The van der Waals surface area contributed by atoms with E-state index in [9.17, 15) is 4.79 Å². The minimum Gasteiger partial charge on any atom is -0.381 e. The summed E-state index contributed by atoms with van der Waals surface area (Å²) < 4.78 is 4.93. The van der Waals surface area contributed by atoms with Gasteiger partial charge in [-0.3, -0.25) is 4.79 Å². The van der Waals surface area contributed by atoms with E-state index in [1.165, 1.54) is 5.56 Å². The molecule has 15 heavy (non-hydrogen) atoms. The molecule has 1 aromatic carbocycles. The Balaban J connectivity index is 2.19. The molecule has 1 aliphatic carbocycles. The summed E-state index contributed by atoms with van der Waals surface area (Å²) in [6.07, 6.45) is 5.55. The Hall–Kier alpha value is -1.41. The summed E-state index contributed by atoms with van der Waals surface area (Å²) in [5.41, 5.74) is 3.22. The van der Waals surface area contributed by atoms with E-state index in [0.29, 0.717) is 13.0 Å². The fourth-order valence-corrected chi connectivity index (χ4v) is 1.86. The lowest BCUT2D eigenvalue weighted by Gasteiger charge is -1.99. The molecule has 0 radical (unpaired) electrons. The lowest BCUT2D eigenvalue weighted by atomic mass is 10.1. The van der Waals surface area contributed by atoms with Gasteiger partial charge < -0.3 is 4.74 Å². The van der Waals surface area contributed by atoms with Crippen LogP contribution in [0.4, 0.5) is 0 Å². The van der Waals surface area contributed by atoms with Crippen LogP contribution in [0, 0.1) is 0 Å². The maximum absolute atomic E-state index is 11.4.